The summed E-state index contributed by atoms with van der Waals surface area (Å²) in [5.74, 6) is 0.422. The molecule has 0 aliphatic heterocycles. The maximum atomic E-state index is 13.0. The summed E-state index contributed by atoms with van der Waals surface area (Å²) in [5, 5.41) is 0.370. The number of hydrogen-bond donors (Lipinski definition) is 1. The lowest BCUT2D eigenvalue weighted by Gasteiger charge is -2.13. The van der Waals surface area contributed by atoms with E-state index < -0.39 is 0 Å². The molecule has 2 aromatic carbocycles. The fourth-order valence-electron chi connectivity index (χ4n) is 1.91. The number of aryl methyl sites for hydroxylation is 1. The van der Waals surface area contributed by atoms with Gasteiger partial charge in [-0.15, -0.1) is 0 Å². The van der Waals surface area contributed by atoms with Crippen LogP contribution in [0.1, 0.15) is 29.7 Å². The predicted molar refractivity (Wildman–Crippen MR) is 79.5 cm³/mol. The minimum atomic E-state index is -0.351. The lowest BCUT2D eigenvalue weighted by molar-refractivity contribution is 0.304. The van der Waals surface area contributed by atoms with Crippen molar-refractivity contribution in [2.75, 3.05) is 0 Å². The molecule has 0 heterocycles. The third-order valence-corrected chi connectivity index (χ3v) is 3.47. The summed E-state index contributed by atoms with van der Waals surface area (Å²) in [5.41, 5.74) is 8.67. The van der Waals surface area contributed by atoms with Crippen molar-refractivity contribution in [1.82, 2.24) is 0 Å². The zero-order valence-corrected chi connectivity index (χ0v) is 12.2. The zero-order valence-electron chi connectivity index (χ0n) is 11.5. The van der Waals surface area contributed by atoms with Crippen molar-refractivity contribution in [2.24, 2.45) is 5.73 Å². The number of halogens is 2. The lowest BCUT2D eigenvalue weighted by atomic mass is 10.1. The normalized spacial score (nSPS) is 12.2. The van der Waals surface area contributed by atoms with E-state index in [2.05, 4.69) is 0 Å². The molecule has 2 nitrogen and oxygen atoms in total. The van der Waals surface area contributed by atoms with Crippen LogP contribution in [0.15, 0.2) is 36.4 Å². The molecule has 0 aromatic heterocycles. The van der Waals surface area contributed by atoms with E-state index in [4.69, 9.17) is 22.1 Å². The summed E-state index contributed by atoms with van der Waals surface area (Å²) in [6.45, 7) is 4.21. The van der Waals surface area contributed by atoms with Gasteiger partial charge in [0.15, 0.2) is 0 Å². The van der Waals surface area contributed by atoms with Gasteiger partial charge in [0.1, 0.15) is 18.2 Å². The van der Waals surface area contributed by atoms with Gasteiger partial charge in [-0.25, -0.2) is 4.39 Å². The van der Waals surface area contributed by atoms with E-state index in [1.54, 1.807) is 6.07 Å². The molecule has 2 rings (SSSR count). The fraction of sp³-hybridized carbons (Fsp3) is 0.250. The van der Waals surface area contributed by atoms with Crippen molar-refractivity contribution in [3.63, 3.8) is 0 Å². The number of hydrogen-bond acceptors (Lipinski definition) is 2. The van der Waals surface area contributed by atoms with Crippen LogP contribution in [-0.2, 0) is 6.61 Å². The molecule has 0 saturated carbocycles. The first-order valence-electron chi connectivity index (χ1n) is 6.40. The zero-order chi connectivity index (χ0) is 14.7. The van der Waals surface area contributed by atoms with E-state index in [0.717, 1.165) is 22.4 Å². The molecule has 0 aliphatic carbocycles. The van der Waals surface area contributed by atoms with Crippen molar-refractivity contribution in [1.29, 1.82) is 0 Å². The van der Waals surface area contributed by atoms with Crippen molar-refractivity contribution in [2.45, 2.75) is 26.5 Å². The van der Waals surface area contributed by atoms with Crippen LogP contribution in [0.5, 0.6) is 5.75 Å². The van der Waals surface area contributed by atoms with Crippen molar-refractivity contribution in [3.8, 4) is 5.75 Å². The minimum absolute atomic E-state index is 0.00528. The molecule has 106 valence electrons. The van der Waals surface area contributed by atoms with Crippen LogP contribution in [0.4, 0.5) is 4.39 Å². The Morgan fingerprint density at radius 3 is 2.60 bits per heavy atom. The molecule has 0 bridgehead atoms. The Kier molecular flexibility index (Phi) is 4.63. The van der Waals surface area contributed by atoms with E-state index >= 15 is 0 Å². The number of benzene rings is 2. The largest absolute Gasteiger partial charge is 0.489 e. The minimum Gasteiger partial charge on any atom is -0.489 e. The van der Waals surface area contributed by atoms with Crippen LogP contribution < -0.4 is 10.5 Å². The average molecular weight is 294 g/mol. The molecular formula is C16H17ClFNO. The SMILES string of the molecule is Cc1cc([C@@H](C)N)ccc1OCc1ccc(F)cc1Cl. The highest BCUT2D eigenvalue weighted by Crippen LogP contribution is 2.24. The van der Waals surface area contributed by atoms with Crippen LogP contribution in [0.3, 0.4) is 0 Å². The second-order valence-corrected chi connectivity index (χ2v) is 5.25. The summed E-state index contributed by atoms with van der Waals surface area (Å²) in [4.78, 5) is 0. The maximum Gasteiger partial charge on any atom is 0.124 e. The van der Waals surface area contributed by atoms with Gasteiger partial charge in [-0.1, -0.05) is 29.8 Å². The van der Waals surface area contributed by atoms with Crippen LogP contribution in [0, 0.1) is 12.7 Å². The Morgan fingerprint density at radius 2 is 2.00 bits per heavy atom. The molecule has 4 heteroatoms. The molecule has 2 aromatic rings. The molecule has 0 fully saturated rings. The van der Waals surface area contributed by atoms with Crippen molar-refractivity contribution >= 4 is 11.6 Å². The number of ether oxygens (including phenoxy) is 1. The Hall–Kier alpha value is -1.58. The number of nitrogens with two attached hydrogens (primary N) is 1. The second kappa shape index (κ2) is 6.25. The molecule has 20 heavy (non-hydrogen) atoms. The van der Waals surface area contributed by atoms with Gasteiger partial charge in [0, 0.05) is 11.6 Å². The van der Waals surface area contributed by atoms with Gasteiger partial charge in [0.25, 0.3) is 0 Å². The summed E-state index contributed by atoms with van der Waals surface area (Å²) in [6, 6.07) is 10.1. The third-order valence-electron chi connectivity index (χ3n) is 3.12. The highest BCUT2D eigenvalue weighted by molar-refractivity contribution is 6.31. The topological polar surface area (TPSA) is 35.2 Å². The summed E-state index contributed by atoms with van der Waals surface area (Å²) in [6.07, 6.45) is 0. The van der Waals surface area contributed by atoms with Crippen LogP contribution in [0.25, 0.3) is 0 Å². The molecule has 0 amide bonds. The highest BCUT2D eigenvalue weighted by atomic mass is 35.5. The lowest BCUT2D eigenvalue weighted by Crippen LogP contribution is -2.05. The van der Waals surface area contributed by atoms with Gasteiger partial charge in [-0.3, -0.25) is 0 Å². The molecule has 0 spiro atoms. The Morgan fingerprint density at radius 1 is 1.25 bits per heavy atom. The Labute approximate surface area is 123 Å². The van der Waals surface area contributed by atoms with E-state index in [0.29, 0.717) is 11.6 Å². The fourth-order valence-corrected chi connectivity index (χ4v) is 2.13. The van der Waals surface area contributed by atoms with Crippen LogP contribution in [-0.4, -0.2) is 0 Å². The van der Waals surface area contributed by atoms with Crippen LogP contribution in [0.2, 0.25) is 5.02 Å². The van der Waals surface area contributed by atoms with Gasteiger partial charge in [0.2, 0.25) is 0 Å². The smallest absolute Gasteiger partial charge is 0.124 e. The van der Waals surface area contributed by atoms with E-state index in [-0.39, 0.29) is 11.9 Å². The maximum absolute atomic E-state index is 13.0. The summed E-state index contributed by atoms with van der Waals surface area (Å²) < 4.78 is 18.7. The van der Waals surface area contributed by atoms with Crippen LogP contribution >= 0.6 is 11.6 Å². The first-order chi connectivity index (χ1) is 9.47. The first kappa shape index (κ1) is 14.8. The summed E-state index contributed by atoms with van der Waals surface area (Å²) in [7, 11) is 0. The Bertz CT molecular complexity index is 613. The summed E-state index contributed by atoms with van der Waals surface area (Å²) >= 11 is 5.97. The monoisotopic (exact) mass is 293 g/mol. The van der Waals surface area contributed by atoms with Crippen molar-refractivity contribution in [3.05, 3.63) is 63.9 Å². The third kappa shape index (κ3) is 3.50. The molecule has 2 N–H and O–H groups in total. The molecule has 0 saturated heterocycles. The highest BCUT2D eigenvalue weighted by Gasteiger charge is 2.07. The standard InChI is InChI=1S/C16H17ClFNO/c1-10-7-12(11(2)19)4-6-16(10)20-9-13-3-5-14(18)8-15(13)17/h3-8,11H,9,19H2,1-2H3/t11-/m1/s1. The van der Waals surface area contributed by atoms with E-state index in [1.165, 1.54) is 12.1 Å². The van der Waals surface area contributed by atoms with Gasteiger partial charge in [0.05, 0.1) is 5.02 Å². The molecule has 0 aliphatic rings. The quantitative estimate of drug-likeness (QED) is 0.907. The van der Waals surface area contributed by atoms with E-state index in [1.807, 2.05) is 32.0 Å². The molecule has 1 atom stereocenters. The average Bonchev–Trinajstić information content (AvgIpc) is 2.38. The Balaban J connectivity index is 2.11. The predicted octanol–water partition coefficient (Wildman–Crippen LogP) is 4.39. The number of rotatable bonds is 4. The molecule has 0 unspecified atom stereocenters. The van der Waals surface area contributed by atoms with Crippen molar-refractivity contribution < 1.29 is 9.13 Å². The van der Waals surface area contributed by atoms with Gasteiger partial charge >= 0.3 is 0 Å². The van der Waals surface area contributed by atoms with E-state index in [9.17, 15) is 4.39 Å². The first-order valence-corrected chi connectivity index (χ1v) is 6.78. The second-order valence-electron chi connectivity index (χ2n) is 4.84. The van der Waals surface area contributed by atoms with Gasteiger partial charge < -0.3 is 10.5 Å². The molecule has 0 radical (unpaired) electrons. The molecular weight excluding hydrogens is 277 g/mol. The van der Waals surface area contributed by atoms with Gasteiger partial charge in [-0.05, 0) is 43.2 Å². The van der Waals surface area contributed by atoms with Gasteiger partial charge in [-0.2, -0.15) is 0 Å².